The van der Waals surface area contributed by atoms with E-state index in [0.29, 0.717) is 23.1 Å². The van der Waals surface area contributed by atoms with Crippen molar-refractivity contribution < 1.29 is 8.78 Å². The van der Waals surface area contributed by atoms with Crippen LogP contribution in [-0.4, -0.2) is 16.2 Å². The third kappa shape index (κ3) is 3.89. The molecule has 0 radical (unpaired) electrons. The zero-order valence-corrected chi connectivity index (χ0v) is 11.4. The smallest absolute Gasteiger partial charge is 0.189 e. The van der Waals surface area contributed by atoms with Gasteiger partial charge in [0, 0.05) is 24.4 Å². The summed E-state index contributed by atoms with van der Waals surface area (Å²) in [6.07, 6.45) is 1.89. The summed E-state index contributed by atoms with van der Waals surface area (Å²) in [5.41, 5.74) is 1.37. The Morgan fingerprint density at radius 1 is 1.11 bits per heavy atom. The number of nitrogens with one attached hydrogen (secondary N) is 1. The Bertz CT molecular complexity index is 570. The highest BCUT2D eigenvalue weighted by atomic mass is 32.2. The standard InChI is InChI=1S/C13H13F2N3S/c1-8-3-12(18-13(17-8)19-2)16-7-9-4-10(14)6-11(15)5-9/h3-6H,7H2,1-2H3,(H,16,17,18). The van der Waals surface area contributed by atoms with Crippen LogP contribution in [0.2, 0.25) is 0 Å². The van der Waals surface area contributed by atoms with Gasteiger partial charge < -0.3 is 5.32 Å². The van der Waals surface area contributed by atoms with Gasteiger partial charge in [-0.25, -0.2) is 18.7 Å². The number of nitrogens with zero attached hydrogens (tertiary/aromatic N) is 2. The van der Waals surface area contributed by atoms with Crippen molar-refractivity contribution in [1.82, 2.24) is 9.97 Å². The molecular formula is C13H13F2N3S. The van der Waals surface area contributed by atoms with Crippen molar-refractivity contribution in [2.75, 3.05) is 11.6 Å². The molecule has 100 valence electrons. The second kappa shape index (κ2) is 5.97. The van der Waals surface area contributed by atoms with Gasteiger partial charge in [0.25, 0.3) is 0 Å². The van der Waals surface area contributed by atoms with Crippen LogP contribution in [0.1, 0.15) is 11.3 Å². The Balaban J connectivity index is 2.11. The van der Waals surface area contributed by atoms with Crippen LogP contribution in [0.15, 0.2) is 29.4 Å². The second-order valence-electron chi connectivity index (χ2n) is 4.01. The summed E-state index contributed by atoms with van der Waals surface area (Å²) in [4.78, 5) is 8.49. The summed E-state index contributed by atoms with van der Waals surface area (Å²) in [7, 11) is 0. The van der Waals surface area contributed by atoms with Gasteiger partial charge in [-0.1, -0.05) is 11.8 Å². The summed E-state index contributed by atoms with van der Waals surface area (Å²) in [6, 6.07) is 5.22. The molecular weight excluding hydrogens is 268 g/mol. The van der Waals surface area contributed by atoms with Gasteiger partial charge in [-0.2, -0.15) is 0 Å². The molecule has 0 saturated carbocycles. The molecule has 0 aliphatic carbocycles. The monoisotopic (exact) mass is 281 g/mol. The predicted octanol–water partition coefficient (Wildman–Crippen LogP) is 3.40. The number of aryl methyl sites for hydroxylation is 1. The number of aromatic nitrogens is 2. The van der Waals surface area contributed by atoms with E-state index in [1.807, 2.05) is 13.2 Å². The van der Waals surface area contributed by atoms with Crippen LogP contribution in [0, 0.1) is 18.6 Å². The molecule has 1 aromatic heterocycles. The van der Waals surface area contributed by atoms with Crippen LogP contribution < -0.4 is 5.32 Å². The lowest BCUT2D eigenvalue weighted by Gasteiger charge is -2.08. The zero-order chi connectivity index (χ0) is 13.8. The van der Waals surface area contributed by atoms with Crippen LogP contribution in [0.3, 0.4) is 0 Å². The number of benzene rings is 1. The van der Waals surface area contributed by atoms with E-state index in [-0.39, 0.29) is 0 Å². The molecule has 6 heteroatoms. The van der Waals surface area contributed by atoms with E-state index in [0.717, 1.165) is 11.8 Å². The highest BCUT2D eigenvalue weighted by molar-refractivity contribution is 7.98. The lowest BCUT2D eigenvalue weighted by atomic mass is 10.2. The van der Waals surface area contributed by atoms with E-state index in [2.05, 4.69) is 15.3 Å². The lowest BCUT2D eigenvalue weighted by Crippen LogP contribution is -2.04. The van der Waals surface area contributed by atoms with E-state index >= 15 is 0 Å². The minimum atomic E-state index is -0.583. The summed E-state index contributed by atoms with van der Waals surface area (Å²) in [6.45, 7) is 2.17. The van der Waals surface area contributed by atoms with Crippen molar-refractivity contribution in [2.24, 2.45) is 0 Å². The minimum Gasteiger partial charge on any atom is -0.366 e. The molecule has 19 heavy (non-hydrogen) atoms. The number of anilines is 1. The van der Waals surface area contributed by atoms with Crippen LogP contribution in [0.25, 0.3) is 0 Å². The van der Waals surface area contributed by atoms with Crippen LogP contribution in [-0.2, 0) is 6.54 Å². The maximum Gasteiger partial charge on any atom is 0.189 e. The zero-order valence-electron chi connectivity index (χ0n) is 10.6. The van der Waals surface area contributed by atoms with Gasteiger partial charge in [-0.3, -0.25) is 0 Å². The maximum atomic E-state index is 13.0. The average Bonchev–Trinajstić information content (AvgIpc) is 2.34. The topological polar surface area (TPSA) is 37.8 Å². The van der Waals surface area contributed by atoms with Crippen LogP contribution in [0.5, 0.6) is 0 Å². The first-order chi connectivity index (χ1) is 9.06. The highest BCUT2D eigenvalue weighted by Crippen LogP contribution is 2.15. The SMILES string of the molecule is CSc1nc(C)cc(NCc2cc(F)cc(F)c2)n1. The first-order valence-corrected chi connectivity index (χ1v) is 6.88. The Morgan fingerprint density at radius 3 is 2.42 bits per heavy atom. The molecule has 2 aromatic rings. The highest BCUT2D eigenvalue weighted by Gasteiger charge is 2.03. The maximum absolute atomic E-state index is 13.0. The molecule has 0 aliphatic heterocycles. The van der Waals surface area contributed by atoms with Crippen molar-refractivity contribution in [1.29, 1.82) is 0 Å². The third-order valence-electron chi connectivity index (χ3n) is 2.41. The van der Waals surface area contributed by atoms with Gasteiger partial charge >= 0.3 is 0 Å². The number of halogens is 2. The van der Waals surface area contributed by atoms with E-state index in [9.17, 15) is 8.78 Å². The molecule has 1 N–H and O–H groups in total. The molecule has 1 heterocycles. The third-order valence-corrected chi connectivity index (χ3v) is 2.96. The summed E-state index contributed by atoms with van der Waals surface area (Å²) in [5, 5.41) is 3.69. The molecule has 0 amide bonds. The first kappa shape index (κ1) is 13.7. The first-order valence-electron chi connectivity index (χ1n) is 5.65. The van der Waals surface area contributed by atoms with E-state index in [4.69, 9.17) is 0 Å². The quantitative estimate of drug-likeness (QED) is 0.688. The Labute approximate surface area is 114 Å². The van der Waals surface area contributed by atoms with Gasteiger partial charge in [0.05, 0.1) is 0 Å². The second-order valence-corrected chi connectivity index (χ2v) is 4.79. The lowest BCUT2D eigenvalue weighted by molar-refractivity contribution is 0.580. The summed E-state index contributed by atoms with van der Waals surface area (Å²) < 4.78 is 26.1. The fraction of sp³-hybridized carbons (Fsp3) is 0.231. The number of rotatable bonds is 4. The molecule has 0 bridgehead atoms. The number of thioether (sulfide) groups is 1. The fourth-order valence-corrected chi connectivity index (χ4v) is 2.05. The largest absolute Gasteiger partial charge is 0.366 e. The Hall–Kier alpha value is -1.69. The molecule has 2 rings (SSSR count). The van der Waals surface area contributed by atoms with E-state index in [1.54, 1.807) is 6.07 Å². The van der Waals surface area contributed by atoms with Crippen LogP contribution in [0.4, 0.5) is 14.6 Å². The van der Waals surface area contributed by atoms with Crippen molar-refractivity contribution in [3.8, 4) is 0 Å². The fourth-order valence-electron chi connectivity index (χ4n) is 1.63. The molecule has 1 aromatic carbocycles. The van der Waals surface area contributed by atoms with Crippen LogP contribution >= 0.6 is 11.8 Å². The molecule has 3 nitrogen and oxygen atoms in total. The predicted molar refractivity (Wildman–Crippen MR) is 72.2 cm³/mol. The Kier molecular flexibility index (Phi) is 4.31. The van der Waals surface area contributed by atoms with Gasteiger partial charge in [-0.15, -0.1) is 0 Å². The van der Waals surface area contributed by atoms with Crippen molar-refractivity contribution in [2.45, 2.75) is 18.6 Å². The minimum absolute atomic E-state index is 0.305. The molecule has 0 fully saturated rings. The van der Waals surface area contributed by atoms with E-state index < -0.39 is 11.6 Å². The van der Waals surface area contributed by atoms with E-state index in [1.165, 1.54) is 23.9 Å². The van der Waals surface area contributed by atoms with Gasteiger partial charge in [0.1, 0.15) is 17.5 Å². The normalized spacial score (nSPS) is 10.5. The summed E-state index contributed by atoms with van der Waals surface area (Å²) in [5.74, 6) is -0.525. The average molecular weight is 281 g/mol. The summed E-state index contributed by atoms with van der Waals surface area (Å²) >= 11 is 1.44. The molecule has 0 saturated heterocycles. The van der Waals surface area contributed by atoms with Gasteiger partial charge in [-0.05, 0) is 30.9 Å². The number of hydrogen-bond donors (Lipinski definition) is 1. The van der Waals surface area contributed by atoms with Gasteiger partial charge in [0.15, 0.2) is 5.16 Å². The number of hydrogen-bond acceptors (Lipinski definition) is 4. The van der Waals surface area contributed by atoms with Gasteiger partial charge in [0.2, 0.25) is 0 Å². The Morgan fingerprint density at radius 2 is 1.79 bits per heavy atom. The van der Waals surface area contributed by atoms with Crippen molar-refractivity contribution >= 4 is 17.6 Å². The van der Waals surface area contributed by atoms with Crippen molar-refractivity contribution in [3.05, 3.63) is 47.2 Å². The molecule has 0 aliphatic rings. The molecule has 0 atom stereocenters. The molecule has 0 unspecified atom stereocenters. The molecule has 0 spiro atoms. The van der Waals surface area contributed by atoms with Crippen molar-refractivity contribution in [3.63, 3.8) is 0 Å².